The lowest BCUT2D eigenvalue weighted by molar-refractivity contribution is -0.0137. The molecule has 0 aliphatic carbocycles. The van der Waals surface area contributed by atoms with Crippen molar-refractivity contribution in [2.75, 3.05) is 32.0 Å². The fourth-order valence-electron chi connectivity index (χ4n) is 1.98. The molecule has 0 radical (unpaired) electrons. The van der Waals surface area contributed by atoms with Crippen LogP contribution in [0.5, 0.6) is 0 Å². The van der Waals surface area contributed by atoms with E-state index in [2.05, 4.69) is 16.8 Å². The van der Waals surface area contributed by atoms with Gasteiger partial charge in [-0.15, -0.1) is 11.8 Å². The van der Waals surface area contributed by atoms with Gasteiger partial charge in [-0.25, -0.2) is 9.78 Å². The average Bonchev–Trinajstić information content (AvgIpc) is 2.45. The van der Waals surface area contributed by atoms with E-state index < -0.39 is 5.97 Å². The average molecular weight is 282 g/mol. The number of carboxylic acid groups (broad SMARTS) is 1. The highest BCUT2D eigenvalue weighted by molar-refractivity contribution is 7.99. The van der Waals surface area contributed by atoms with Gasteiger partial charge in [0.1, 0.15) is 5.69 Å². The summed E-state index contributed by atoms with van der Waals surface area (Å²) in [6, 6.07) is 3.44. The summed E-state index contributed by atoms with van der Waals surface area (Å²) in [6.45, 7) is 5.91. The highest BCUT2D eigenvalue weighted by Gasteiger charge is 2.19. The Bertz CT molecular complexity index is 442. The molecule has 19 heavy (non-hydrogen) atoms. The predicted molar refractivity (Wildman–Crippen MR) is 73.8 cm³/mol. The van der Waals surface area contributed by atoms with E-state index >= 15 is 0 Å². The van der Waals surface area contributed by atoms with Crippen LogP contribution in [-0.4, -0.2) is 59.1 Å². The first-order chi connectivity index (χ1) is 9.19. The number of rotatable bonds is 5. The van der Waals surface area contributed by atoms with Crippen LogP contribution < -0.4 is 0 Å². The molecule has 1 aromatic heterocycles. The van der Waals surface area contributed by atoms with Gasteiger partial charge in [0.05, 0.1) is 12.7 Å². The number of carbonyl (C=O) groups is 1. The van der Waals surface area contributed by atoms with Crippen LogP contribution in [0.4, 0.5) is 0 Å². The molecule has 2 rings (SSSR count). The molecule has 0 aromatic carbocycles. The Morgan fingerprint density at radius 1 is 1.68 bits per heavy atom. The smallest absolute Gasteiger partial charge is 0.354 e. The first kappa shape index (κ1) is 14.3. The van der Waals surface area contributed by atoms with Gasteiger partial charge < -0.3 is 9.84 Å². The van der Waals surface area contributed by atoms with Crippen LogP contribution in [0.3, 0.4) is 0 Å². The molecule has 1 fully saturated rings. The quantitative estimate of drug-likeness (QED) is 0.828. The van der Waals surface area contributed by atoms with Crippen molar-refractivity contribution in [1.29, 1.82) is 0 Å². The third kappa shape index (κ3) is 4.19. The van der Waals surface area contributed by atoms with Crippen LogP contribution in [0.1, 0.15) is 17.4 Å². The van der Waals surface area contributed by atoms with Gasteiger partial charge in [0.2, 0.25) is 0 Å². The molecule has 1 aliphatic heterocycles. The standard InChI is InChI=1S/C13H18N2O3S/c1-2-15-5-6-18-10(8-15)9-19-11-3-4-14-12(7-11)13(16)17/h3-4,7,10H,2,5-6,8-9H2,1H3,(H,16,17). The normalized spacial score (nSPS) is 20.4. The summed E-state index contributed by atoms with van der Waals surface area (Å²) in [5.41, 5.74) is 0.0877. The van der Waals surface area contributed by atoms with Gasteiger partial charge in [0, 0.05) is 29.9 Å². The molecule has 0 spiro atoms. The largest absolute Gasteiger partial charge is 0.477 e. The van der Waals surface area contributed by atoms with Crippen LogP contribution >= 0.6 is 11.8 Å². The Hall–Kier alpha value is -1.11. The molecule has 1 unspecified atom stereocenters. The van der Waals surface area contributed by atoms with E-state index in [0.717, 1.165) is 36.9 Å². The molecule has 104 valence electrons. The number of likely N-dealkylation sites (N-methyl/N-ethyl adjacent to an activating group) is 1. The predicted octanol–water partition coefficient (Wildman–Crippen LogP) is 1.59. The monoisotopic (exact) mass is 282 g/mol. The van der Waals surface area contributed by atoms with E-state index in [1.165, 1.54) is 6.20 Å². The second kappa shape index (κ2) is 6.88. The van der Waals surface area contributed by atoms with E-state index in [9.17, 15) is 4.79 Å². The summed E-state index contributed by atoms with van der Waals surface area (Å²) < 4.78 is 5.71. The maximum atomic E-state index is 10.8. The lowest BCUT2D eigenvalue weighted by atomic mass is 10.3. The van der Waals surface area contributed by atoms with Crippen molar-refractivity contribution in [2.45, 2.75) is 17.9 Å². The Balaban J connectivity index is 1.88. The summed E-state index contributed by atoms with van der Waals surface area (Å²) in [5, 5.41) is 8.89. The second-order valence-corrected chi connectivity index (χ2v) is 5.47. The summed E-state index contributed by atoms with van der Waals surface area (Å²) in [7, 11) is 0. The molecule has 1 saturated heterocycles. The van der Waals surface area contributed by atoms with E-state index in [1.807, 2.05) is 6.07 Å². The Labute approximate surface area is 117 Å². The minimum Gasteiger partial charge on any atom is -0.477 e. The molecular weight excluding hydrogens is 264 g/mol. The van der Waals surface area contributed by atoms with Crippen LogP contribution in [0, 0.1) is 0 Å². The number of nitrogens with zero attached hydrogens (tertiary/aromatic N) is 2. The Morgan fingerprint density at radius 3 is 3.26 bits per heavy atom. The zero-order chi connectivity index (χ0) is 13.7. The van der Waals surface area contributed by atoms with Crippen molar-refractivity contribution in [3.63, 3.8) is 0 Å². The van der Waals surface area contributed by atoms with Crippen molar-refractivity contribution < 1.29 is 14.6 Å². The van der Waals surface area contributed by atoms with Gasteiger partial charge in [-0.2, -0.15) is 0 Å². The van der Waals surface area contributed by atoms with E-state index in [-0.39, 0.29) is 11.8 Å². The molecule has 1 atom stereocenters. The number of ether oxygens (including phenoxy) is 1. The van der Waals surface area contributed by atoms with Crippen LogP contribution in [0.15, 0.2) is 23.2 Å². The lowest BCUT2D eigenvalue weighted by Crippen LogP contribution is -2.43. The Kier molecular flexibility index (Phi) is 5.18. The molecular formula is C13H18N2O3S. The molecule has 0 bridgehead atoms. The van der Waals surface area contributed by atoms with Gasteiger partial charge >= 0.3 is 5.97 Å². The number of morpholine rings is 1. The SMILES string of the molecule is CCN1CCOC(CSc2ccnc(C(=O)O)c2)C1. The van der Waals surface area contributed by atoms with Gasteiger partial charge in [-0.3, -0.25) is 4.90 Å². The van der Waals surface area contributed by atoms with Gasteiger partial charge in [-0.05, 0) is 18.7 Å². The molecule has 1 aliphatic rings. The summed E-state index contributed by atoms with van der Waals surface area (Å²) in [5.74, 6) is -0.159. The van der Waals surface area contributed by atoms with Crippen LogP contribution in [0.2, 0.25) is 0 Å². The topological polar surface area (TPSA) is 62.7 Å². The van der Waals surface area contributed by atoms with Gasteiger partial charge in [-0.1, -0.05) is 6.92 Å². The third-order valence-corrected chi connectivity index (χ3v) is 4.18. The van der Waals surface area contributed by atoms with Crippen molar-refractivity contribution in [3.8, 4) is 0 Å². The number of hydrogen-bond donors (Lipinski definition) is 1. The number of aromatic carboxylic acids is 1. The molecule has 1 aromatic rings. The number of aromatic nitrogens is 1. The molecule has 1 N–H and O–H groups in total. The van der Waals surface area contributed by atoms with Gasteiger partial charge in [0.15, 0.2) is 0 Å². The first-order valence-electron chi connectivity index (χ1n) is 6.35. The fourth-order valence-corrected chi connectivity index (χ4v) is 2.91. The second-order valence-electron chi connectivity index (χ2n) is 4.38. The fraction of sp³-hybridized carbons (Fsp3) is 0.538. The highest BCUT2D eigenvalue weighted by Crippen LogP contribution is 2.21. The molecule has 5 nitrogen and oxygen atoms in total. The van der Waals surface area contributed by atoms with Gasteiger partial charge in [0.25, 0.3) is 0 Å². The number of pyridine rings is 1. The molecule has 2 heterocycles. The van der Waals surface area contributed by atoms with Crippen molar-refractivity contribution in [3.05, 3.63) is 24.0 Å². The highest BCUT2D eigenvalue weighted by atomic mass is 32.2. The Morgan fingerprint density at radius 2 is 2.53 bits per heavy atom. The van der Waals surface area contributed by atoms with E-state index in [1.54, 1.807) is 17.8 Å². The minimum absolute atomic E-state index is 0.0877. The minimum atomic E-state index is -0.992. The maximum absolute atomic E-state index is 10.8. The van der Waals surface area contributed by atoms with Crippen LogP contribution in [-0.2, 0) is 4.74 Å². The molecule has 0 amide bonds. The lowest BCUT2D eigenvalue weighted by Gasteiger charge is -2.31. The number of hydrogen-bond acceptors (Lipinski definition) is 5. The first-order valence-corrected chi connectivity index (χ1v) is 7.33. The number of thioether (sulfide) groups is 1. The van der Waals surface area contributed by atoms with Crippen molar-refractivity contribution in [1.82, 2.24) is 9.88 Å². The van der Waals surface area contributed by atoms with Crippen molar-refractivity contribution >= 4 is 17.7 Å². The number of carboxylic acids is 1. The maximum Gasteiger partial charge on any atom is 0.354 e. The van der Waals surface area contributed by atoms with Crippen molar-refractivity contribution in [2.24, 2.45) is 0 Å². The summed E-state index contributed by atoms with van der Waals surface area (Å²) in [4.78, 5) is 17.9. The van der Waals surface area contributed by atoms with Crippen LogP contribution in [0.25, 0.3) is 0 Å². The van der Waals surface area contributed by atoms with E-state index in [0.29, 0.717) is 0 Å². The van der Waals surface area contributed by atoms with E-state index in [4.69, 9.17) is 9.84 Å². The summed E-state index contributed by atoms with van der Waals surface area (Å²) in [6.07, 6.45) is 1.74. The third-order valence-electron chi connectivity index (χ3n) is 3.06. The zero-order valence-electron chi connectivity index (χ0n) is 10.9. The molecule has 6 heteroatoms. The zero-order valence-corrected chi connectivity index (χ0v) is 11.7. The summed E-state index contributed by atoms with van der Waals surface area (Å²) >= 11 is 1.62. The molecule has 0 saturated carbocycles.